The second-order valence-corrected chi connectivity index (χ2v) is 4.36. The third-order valence-electron chi connectivity index (χ3n) is 2.68. The number of nitrogens with two attached hydrogens (primary N) is 1. The molecular formula is C13H21N. The Bertz CT molecular complexity index is 278. The standard InChI is InChI=1S/C13H21N/c1-4-11(9-10(2)3)12-7-5-6-8-13(12)14/h5-8,10-11H,4,9,14H2,1-3H3. The average molecular weight is 191 g/mol. The van der Waals surface area contributed by atoms with Gasteiger partial charge in [-0.2, -0.15) is 0 Å². The molecule has 1 aromatic rings. The van der Waals surface area contributed by atoms with E-state index in [2.05, 4.69) is 32.9 Å². The first kappa shape index (κ1) is 11.1. The molecule has 0 saturated carbocycles. The van der Waals surface area contributed by atoms with E-state index in [4.69, 9.17) is 5.73 Å². The van der Waals surface area contributed by atoms with Gasteiger partial charge in [-0.3, -0.25) is 0 Å². The van der Waals surface area contributed by atoms with Crippen LogP contribution in [0, 0.1) is 5.92 Å². The van der Waals surface area contributed by atoms with Crippen molar-refractivity contribution in [3.8, 4) is 0 Å². The van der Waals surface area contributed by atoms with Crippen LogP contribution in [-0.4, -0.2) is 0 Å². The molecule has 1 unspecified atom stereocenters. The monoisotopic (exact) mass is 191 g/mol. The molecule has 0 amide bonds. The fourth-order valence-electron chi connectivity index (χ4n) is 1.97. The van der Waals surface area contributed by atoms with Gasteiger partial charge in [0.15, 0.2) is 0 Å². The summed E-state index contributed by atoms with van der Waals surface area (Å²) in [5.74, 6) is 1.36. The van der Waals surface area contributed by atoms with E-state index < -0.39 is 0 Å². The van der Waals surface area contributed by atoms with Gasteiger partial charge in [-0.15, -0.1) is 0 Å². The maximum atomic E-state index is 5.97. The summed E-state index contributed by atoms with van der Waals surface area (Å²) in [6.45, 7) is 6.77. The Morgan fingerprint density at radius 3 is 2.36 bits per heavy atom. The van der Waals surface area contributed by atoms with Gasteiger partial charge in [-0.1, -0.05) is 39.0 Å². The van der Waals surface area contributed by atoms with Gasteiger partial charge in [-0.25, -0.2) is 0 Å². The minimum atomic E-state index is 0.621. The Labute approximate surface area is 87.3 Å². The van der Waals surface area contributed by atoms with Crippen LogP contribution in [0.3, 0.4) is 0 Å². The zero-order chi connectivity index (χ0) is 10.6. The Morgan fingerprint density at radius 1 is 1.21 bits per heavy atom. The molecular weight excluding hydrogens is 170 g/mol. The van der Waals surface area contributed by atoms with Crippen molar-refractivity contribution >= 4 is 5.69 Å². The predicted molar refractivity (Wildman–Crippen MR) is 63.3 cm³/mol. The number of benzene rings is 1. The fourth-order valence-corrected chi connectivity index (χ4v) is 1.97. The lowest BCUT2D eigenvalue weighted by molar-refractivity contribution is 0.490. The van der Waals surface area contributed by atoms with E-state index >= 15 is 0 Å². The molecule has 1 atom stereocenters. The Kier molecular flexibility index (Phi) is 3.99. The highest BCUT2D eigenvalue weighted by Crippen LogP contribution is 2.30. The first-order valence-electron chi connectivity index (χ1n) is 5.49. The SMILES string of the molecule is CCC(CC(C)C)c1ccccc1N. The predicted octanol–water partition coefficient (Wildman–Crippen LogP) is 3.81. The smallest absolute Gasteiger partial charge is 0.0349 e. The zero-order valence-corrected chi connectivity index (χ0v) is 9.46. The molecule has 1 nitrogen and oxygen atoms in total. The summed E-state index contributed by atoms with van der Waals surface area (Å²) in [7, 11) is 0. The number of hydrogen-bond donors (Lipinski definition) is 1. The van der Waals surface area contributed by atoms with E-state index in [1.54, 1.807) is 0 Å². The van der Waals surface area contributed by atoms with Crippen molar-refractivity contribution in [1.82, 2.24) is 0 Å². The maximum absolute atomic E-state index is 5.97. The van der Waals surface area contributed by atoms with Crippen LogP contribution in [0.25, 0.3) is 0 Å². The van der Waals surface area contributed by atoms with Crippen LogP contribution in [0.4, 0.5) is 5.69 Å². The van der Waals surface area contributed by atoms with Crippen molar-refractivity contribution in [3.63, 3.8) is 0 Å². The molecule has 2 N–H and O–H groups in total. The van der Waals surface area contributed by atoms with Crippen molar-refractivity contribution in [2.45, 2.75) is 39.5 Å². The van der Waals surface area contributed by atoms with Crippen molar-refractivity contribution in [3.05, 3.63) is 29.8 Å². The maximum Gasteiger partial charge on any atom is 0.0349 e. The average Bonchev–Trinajstić information content (AvgIpc) is 2.15. The fraction of sp³-hybridized carbons (Fsp3) is 0.538. The summed E-state index contributed by atoms with van der Waals surface area (Å²) >= 11 is 0. The Hall–Kier alpha value is -0.980. The molecule has 1 rings (SSSR count). The van der Waals surface area contributed by atoms with E-state index in [9.17, 15) is 0 Å². The summed E-state index contributed by atoms with van der Waals surface area (Å²) in [6.07, 6.45) is 2.40. The molecule has 0 aliphatic rings. The van der Waals surface area contributed by atoms with E-state index in [1.807, 2.05) is 12.1 Å². The second-order valence-electron chi connectivity index (χ2n) is 4.36. The molecule has 0 heterocycles. The number of anilines is 1. The molecule has 0 aromatic heterocycles. The summed E-state index contributed by atoms with van der Waals surface area (Å²) in [6, 6.07) is 8.24. The van der Waals surface area contributed by atoms with Gasteiger partial charge >= 0.3 is 0 Å². The van der Waals surface area contributed by atoms with Gasteiger partial charge in [0.25, 0.3) is 0 Å². The number of rotatable bonds is 4. The van der Waals surface area contributed by atoms with E-state index in [-0.39, 0.29) is 0 Å². The van der Waals surface area contributed by atoms with Gasteiger partial charge in [0.2, 0.25) is 0 Å². The van der Waals surface area contributed by atoms with Crippen LogP contribution < -0.4 is 5.73 Å². The lowest BCUT2D eigenvalue weighted by atomic mass is 9.87. The van der Waals surface area contributed by atoms with Crippen molar-refractivity contribution in [2.75, 3.05) is 5.73 Å². The second kappa shape index (κ2) is 5.04. The molecule has 1 heteroatoms. The van der Waals surface area contributed by atoms with Crippen molar-refractivity contribution in [1.29, 1.82) is 0 Å². The first-order chi connectivity index (χ1) is 6.65. The topological polar surface area (TPSA) is 26.0 Å². The van der Waals surface area contributed by atoms with E-state index in [0.29, 0.717) is 5.92 Å². The van der Waals surface area contributed by atoms with Gasteiger partial charge in [0.05, 0.1) is 0 Å². The van der Waals surface area contributed by atoms with Crippen molar-refractivity contribution in [2.24, 2.45) is 5.92 Å². The van der Waals surface area contributed by atoms with Crippen LogP contribution in [0.1, 0.15) is 45.1 Å². The third-order valence-corrected chi connectivity index (χ3v) is 2.68. The van der Waals surface area contributed by atoms with Gasteiger partial charge in [-0.05, 0) is 36.3 Å². The largest absolute Gasteiger partial charge is 0.398 e. The summed E-state index contributed by atoms with van der Waals surface area (Å²) in [5.41, 5.74) is 8.24. The summed E-state index contributed by atoms with van der Waals surface area (Å²) in [4.78, 5) is 0. The Morgan fingerprint density at radius 2 is 1.86 bits per heavy atom. The van der Waals surface area contributed by atoms with Crippen LogP contribution in [0.2, 0.25) is 0 Å². The molecule has 0 saturated heterocycles. The molecule has 78 valence electrons. The third kappa shape index (κ3) is 2.76. The minimum Gasteiger partial charge on any atom is -0.398 e. The lowest BCUT2D eigenvalue weighted by Gasteiger charge is -2.19. The summed E-state index contributed by atoms with van der Waals surface area (Å²) in [5, 5.41) is 0. The normalized spacial score (nSPS) is 13.1. The van der Waals surface area contributed by atoms with E-state index in [0.717, 1.165) is 11.6 Å². The lowest BCUT2D eigenvalue weighted by Crippen LogP contribution is -2.04. The minimum absolute atomic E-state index is 0.621. The van der Waals surface area contributed by atoms with Crippen LogP contribution >= 0.6 is 0 Å². The molecule has 0 spiro atoms. The van der Waals surface area contributed by atoms with Crippen LogP contribution in [0.5, 0.6) is 0 Å². The molecule has 0 bridgehead atoms. The Balaban J connectivity index is 2.83. The molecule has 1 aromatic carbocycles. The quantitative estimate of drug-likeness (QED) is 0.719. The molecule has 14 heavy (non-hydrogen) atoms. The highest BCUT2D eigenvalue weighted by atomic mass is 14.6. The van der Waals surface area contributed by atoms with Crippen LogP contribution in [0.15, 0.2) is 24.3 Å². The number of hydrogen-bond acceptors (Lipinski definition) is 1. The highest BCUT2D eigenvalue weighted by Gasteiger charge is 2.13. The van der Waals surface area contributed by atoms with Crippen molar-refractivity contribution < 1.29 is 0 Å². The van der Waals surface area contributed by atoms with Gasteiger partial charge in [0, 0.05) is 5.69 Å². The molecule has 0 fully saturated rings. The molecule has 0 aliphatic carbocycles. The molecule has 0 aliphatic heterocycles. The highest BCUT2D eigenvalue weighted by molar-refractivity contribution is 5.48. The first-order valence-corrected chi connectivity index (χ1v) is 5.49. The van der Waals surface area contributed by atoms with E-state index in [1.165, 1.54) is 18.4 Å². The van der Waals surface area contributed by atoms with Gasteiger partial charge in [0.1, 0.15) is 0 Å². The summed E-state index contributed by atoms with van der Waals surface area (Å²) < 4.78 is 0. The number of para-hydroxylation sites is 1. The van der Waals surface area contributed by atoms with Crippen LogP contribution in [-0.2, 0) is 0 Å². The zero-order valence-electron chi connectivity index (χ0n) is 9.46. The number of nitrogen functional groups attached to an aromatic ring is 1. The molecule has 0 radical (unpaired) electrons. The van der Waals surface area contributed by atoms with Gasteiger partial charge < -0.3 is 5.73 Å².